The third-order valence-electron chi connectivity index (χ3n) is 4.54. The highest BCUT2D eigenvalue weighted by Crippen LogP contribution is 2.39. The molecule has 134 valence electrons. The third kappa shape index (κ3) is 3.56. The van der Waals surface area contributed by atoms with Gasteiger partial charge in [0.15, 0.2) is 5.69 Å². The number of aromatic nitrogens is 1. The molecule has 7 heteroatoms. The average Bonchev–Trinajstić information content (AvgIpc) is 3.01. The molecule has 2 unspecified atom stereocenters. The van der Waals surface area contributed by atoms with E-state index in [0.717, 1.165) is 30.6 Å². The molecular weight excluding hydrogens is 349 g/mol. The number of halogens is 3. The van der Waals surface area contributed by atoms with Gasteiger partial charge in [0.25, 0.3) is 5.91 Å². The first-order chi connectivity index (χ1) is 11.8. The Hall–Kier alpha value is -1.89. The number of likely N-dealkylation sites (tertiary alicyclic amines) is 1. The van der Waals surface area contributed by atoms with E-state index in [2.05, 4.69) is 4.98 Å². The third-order valence-corrected chi connectivity index (χ3v) is 5.63. The molecule has 0 spiro atoms. The number of hydrogen-bond donors (Lipinski definition) is 0. The number of alkyl halides is 3. The maximum absolute atomic E-state index is 13.5. The van der Waals surface area contributed by atoms with Crippen molar-refractivity contribution in [1.82, 2.24) is 9.88 Å². The van der Waals surface area contributed by atoms with Crippen LogP contribution in [0, 0.1) is 0 Å². The fraction of sp³-hybridized carbons (Fsp3) is 0.444. The van der Waals surface area contributed by atoms with Gasteiger partial charge in [-0.1, -0.05) is 30.3 Å². The van der Waals surface area contributed by atoms with Gasteiger partial charge in [-0.2, -0.15) is 13.2 Å². The number of hydrogen-bond acceptors (Lipinski definition) is 3. The van der Waals surface area contributed by atoms with Crippen LogP contribution < -0.4 is 0 Å². The Kier molecular flexibility index (Phi) is 4.86. The Morgan fingerprint density at radius 1 is 1.16 bits per heavy atom. The van der Waals surface area contributed by atoms with Gasteiger partial charge in [0, 0.05) is 17.6 Å². The van der Waals surface area contributed by atoms with Crippen LogP contribution in [0.25, 0.3) is 10.6 Å². The van der Waals surface area contributed by atoms with Gasteiger partial charge in [-0.05, 0) is 33.1 Å². The van der Waals surface area contributed by atoms with Gasteiger partial charge < -0.3 is 4.90 Å². The van der Waals surface area contributed by atoms with E-state index in [1.54, 1.807) is 35.2 Å². The van der Waals surface area contributed by atoms with E-state index in [0.29, 0.717) is 5.56 Å². The maximum atomic E-state index is 13.5. The van der Waals surface area contributed by atoms with Crippen LogP contribution in [0.2, 0.25) is 0 Å². The molecule has 3 nitrogen and oxygen atoms in total. The zero-order chi connectivity index (χ0) is 18.2. The van der Waals surface area contributed by atoms with Crippen molar-refractivity contribution in [2.24, 2.45) is 0 Å². The quantitative estimate of drug-likeness (QED) is 0.727. The molecule has 0 bridgehead atoms. The normalized spacial score (nSPS) is 21.4. The Bertz CT molecular complexity index is 747. The molecule has 0 radical (unpaired) electrons. The zero-order valence-electron chi connectivity index (χ0n) is 14.0. The van der Waals surface area contributed by atoms with E-state index >= 15 is 0 Å². The van der Waals surface area contributed by atoms with Crippen LogP contribution in [0.3, 0.4) is 0 Å². The van der Waals surface area contributed by atoms with Crippen LogP contribution in [0.1, 0.15) is 48.5 Å². The summed E-state index contributed by atoms with van der Waals surface area (Å²) in [7, 11) is 0. The molecule has 2 aromatic rings. The minimum atomic E-state index is -4.66. The van der Waals surface area contributed by atoms with E-state index in [-0.39, 0.29) is 22.0 Å². The highest BCUT2D eigenvalue weighted by atomic mass is 32.1. The Labute approximate surface area is 148 Å². The number of carbonyl (C=O) groups is 1. The fourth-order valence-corrected chi connectivity index (χ4v) is 4.34. The first-order valence-electron chi connectivity index (χ1n) is 8.25. The smallest absolute Gasteiger partial charge is 0.332 e. The van der Waals surface area contributed by atoms with Gasteiger partial charge in [-0.3, -0.25) is 4.79 Å². The molecule has 1 aromatic heterocycles. The van der Waals surface area contributed by atoms with Crippen molar-refractivity contribution in [2.45, 2.75) is 51.4 Å². The summed E-state index contributed by atoms with van der Waals surface area (Å²) in [5, 5.41) is 0.216. The number of carbonyl (C=O) groups excluding carboxylic acids is 1. The van der Waals surface area contributed by atoms with E-state index < -0.39 is 17.8 Å². The summed E-state index contributed by atoms with van der Waals surface area (Å²) in [6.07, 6.45) is -2.06. The second kappa shape index (κ2) is 6.78. The van der Waals surface area contributed by atoms with Crippen molar-refractivity contribution in [2.75, 3.05) is 0 Å². The highest BCUT2D eigenvalue weighted by Gasteiger charge is 2.42. The second-order valence-corrected chi connectivity index (χ2v) is 7.40. The summed E-state index contributed by atoms with van der Waals surface area (Å²) in [6.45, 7) is 3.78. The molecule has 0 aliphatic carbocycles. The van der Waals surface area contributed by atoms with Crippen LogP contribution in [0.5, 0.6) is 0 Å². The first-order valence-corrected chi connectivity index (χ1v) is 9.06. The molecule has 25 heavy (non-hydrogen) atoms. The predicted molar refractivity (Wildman–Crippen MR) is 91.5 cm³/mol. The molecule has 2 atom stereocenters. The molecule has 1 aromatic carbocycles. The van der Waals surface area contributed by atoms with Crippen molar-refractivity contribution in [3.8, 4) is 10.6 Å². The van der Waals surface area contributed by atoms with E-state index in [1.807, 2.05) is 13.8 Å². The van der Waals surface area contributed by atoms with Crippen molar-refractivity contribution in [3.63, 3.8) is 0 Å². The van der Waals surface area contributed by atoms with Crippen LogP contribution in [-0.2, 0) is 6.18 Å². The molecule has 1 aliphatic heterocycles. The lowest BCUT2D eigenvalue weighted by Gasteiger charge is -2.38. The zero-order valence-corrected chi connectivity index (χ0v) is 14.8. The molecular formula is C18H19F3N2OS. The van der Waals surface area contributed by atoms with Gasteiger partial charge in [0.05, 0.1) is 0 Å². The SMILES string of the molecule is CC1CCCC(C)N1C(=O)c1sc(-c2ccccc2)nc1C(F)(F)F. The summed E-state index contributed by atoms with van der Waals surface area (Å²) in [5.41, 5.74) is -0.497. The number of nitrogens with zero attached hydrogens (tertiary/aromatic N) is 2. The van der Waals surface area contributed by atoms with Gasteiger partial charge in [0.2, 0.25) is 0 Å². The lowest BCUT2D eigenvalue weighted by Crippen LogP contribution is -2.47. The van der Waals surface area contributed by atoms with Crippen LogP contribution in [0.15, 0.2) is 30.3 Å². The molecule has 1 fully saturated rings. The fourth-order valence-electron chi connectivity index (χ4n) is 3.30. The minimum absolute atomic E-state index is 0.0698. The molecule has 1 aliphatic rings. The lowest BCUT2D eigenvalue weighted by atomic mass is 9.97. The second-order valence-electron chi connectivity index (χ2n) is 6.40. The Balaban J connectivity index is 2.05. The maximum Gasteiger partial charge on any atom is 0.435 e. The van der Waals surface area contributed by atoms with E-state index in [4.69, 9.17) is 0 Å². The first kappa shape index (κ1) is 17.9. The summed E-state index contributed by atoms with van der Waals surface area (Å²) in [4.78, 5) is 18.0. The average molecular weight is 368 g/mol. The van der Waals surface area contributed by atoms with Crippen molar-refractivity contribution >= 4 is 17.2 Å². The summed E-state index contributed by atoms with van der Waals surface area (Å²) in [6, 6.07) is 8.50. The molecule has 1 saturated heterocycles. The lowest BCUT2D eigenvalue weighted by molar-refractivity contribution is -0.141. The molecule has 3 rings (SSSR count). The minimum Gasteiger partial charge on any atom is -0.332 e. The van der Waals surface area contributed by atoms with Gasteiger partial charge >= 0.3 is 6.18 Å². The Morgan fingerprint density at radius 3 is 2.32 bits per heavy atom. The van der Waals surface area contributed by atoms with Gasteiger partial charge in [0.1, 0.15) is 9.88 Å². The number of thiazole rings is 1. The van der Waals surface area contributed by atoms with Crippen molar-refractivity contribution in [1.29, 1.82) is 0 Å². The Morgan fingerprint density at radius 2 is 1.76 bits per heavy atom. The van der Waals surface area contributed by atoms with Gasteiger partial charge in [-0.15, -0.1) is 11.3 Å². The summed E-state index contributed by atoms with van der Waals surface area (Å²) < 4.78 is 40.4. The summed E-state index contributed by atoms with van der Waals surface area (Å²) in [5.74, 6) is -0.563. The van der Waals surface area contributed by atoms with E-state index in [1.165, 1.54) is 0 Å². The largest absolute Gasteiger partial charge is 0.435 e. The predicted octanol–water partition coefficient (Wildman–Crippen LogP) is 5.23. The number of benzene rings is 1. The molecule has 0 saturated carbocycles. The number of rotatable bonds is 2. The van der Waals surface area contributed by atoms with Crippen LogP contribution >= 0.6 is 11.3 Å². The van der Waals surface area contributed by atoms with Gasteiger partial charge in [-0.25, -0.2) is 4.98 Å². The monoisotopic (exact) mass is 368 g/mol. The summed E-state index contributed by atoms with van der Waals surface area (Å²) >= 11 is 0.823. The molecule has 1 amide bonds. The van der Waals surface area contributed by atoms with Crippen molar-refractivity contribution < 1.29 is 18.0 Å². The topological polar surface area (TPSA) is 33.2 Å². The number of piperidine rings is 1. The van der Waals surface area contributed by atoms with E-state index in [9.17, 15) is 18.0 Å². The number of amides is 1. The highest BCUT2D eigenvalue weighted by molar-refractivity contribution is 7.17. The van der Waals surface area contributed by atoms with Crippen molar-refractivity contribution in [3.05, 3.63) is 40.9 Å². The van der Waals surface area contributed by atoms with Crippen LogP contribution in [-0.4, -0.2) is 27.9 Å². The molecule has 0 N–H and O–H groups in total. The molecule has 2 heterocycles. The van der Waals surface area contributed by atoms with Crippen LogP contribution in [0.4, 0.5) is 13.2 Å². The standard InChI is InChI=1S/C18H19F3N2OS/c1-11-7-6-8-12(2)23(11)17(24)14-15(18(19,20)21)22-16(25-14)13-9-4-3-5-10-13/h3-5,9-12H,6-8H2,1-2H3.